The zero-order chi connectivity index (χ0) is 25.3. The second-order valence-electron chi connectivity index (χ2n) is 9.18. The number of unbranched alkanes of at least 4 members (excludes halogenated alkanes) is 2. The molecule has 0 radical (unpaired) electrons. The highest BCUT2D eigenvalue weighted by Gasteiger charge is 2.11. The fourth-order valence-electron chi connectivity index (χ4n) is 4.74. The molecule has 4 aromatic rings. The number of carbonyl (C=O) groups is 1. The topological polar surface area (TPSA) is 55.8 Å². The first-order valence-electron chi connectivity index (χ1n) is 12.6. The van der Waals surface area contributed by atoms with Gasteiger partial charge in [0.25, 0.3) is 0 Å². The van der Waals surface area contributed by atoms with Gasteiger partial charge in [-0.25, -0.2) is 0 Å². The summed E-state index contributed by atoms with van der Waals surface area (Å²) in [6.45, 7) is 0. The van der Waals surface area contributed by atoms with Crippen molar-refractivity contribution in [1.82, 2.24) is 0 Å². The van der Waals surface area contributed by atoms with Gasteiger partial charge in [-0.05, 0) is 95.0 Å². The Balaban J connectivity index is 1.43. The third-order valence-electron chi connectivity index (χ3n) is 6.78. The number of hydrogen-bond acceptors (Lipinski definition) is 3. The van der Waals surface area contributed by atoms with Crippen molar-refractivity contribution in [2.24, 2.45) is 0 Å². The molecule has 0 aliphatic heterocycles. The molecule has 4 aromatic carbocycles. The summed E-state index contributed by atoms with van der Waals surface area (Å²) in [4.78, 5) is 10.8. The van der Waals surface area contributed by atoms with Crippen LogP contribution in [-0.4, -0.2) is 25.3 Å². The molecule has 0 heterocycles. The molecule has 0 fully saturated rings. The van der Waals surface area contributed by atoms with Crippen LogP contribution in [0.25, 0.3) is 21.9 Å². The Labute approximate surface area is 213 Å². The van der Waals surface area contributed by atoms with Gasteiger partial charge >= 0.3 is 5.97 Å². The van der Waals surface area contributed by atoms with Crippen molar-refractivity contribution < 1.29 is 19.4 Å². The Kier molecular flexibility index (Phi) is 8.62. The lowest BCUT2D eigenvalue weighted by Crippen LogP contribution is -1.97. The lowest BCUT2D eigenvalue weighted by molar-refractivity contribution is -0.136. The molecule has 0 atom stereocenters. The molecule has 4 rings (SSSR count). The third-order valence-corrected chi connectivity index (χ3v) is 6.78. The number of aliphatic carboxylic acids is 1. The Morgan fingerprint density at radius 1 is 0.694 bits per heavy atom. The predicted octanol–water partition coefficient (Wildman–Crippen LogP) is 7.50. The molecule has 1 N–H and O–H groups in total. The van der Waals surface area contributed by atoms with Crippen LogP contribution in [0.2, 0.25) is 0 Å². The van der Waals surface area contributed by atoms with Crippen LogP contribution in [-0.2, 0) is 24.1 Å². The summed E-state index contributed by atoms with van der Waals surface area (Å²) in [6, 6.07) is 27.4. The monoisotopic (exact) mass is 482 g/mol. The molecule has 0 saturated heterocycles. The number of ether oxygens (including phenoxy) is 2. The van der Waals surface area contributed by atoms with Crippen LogP contribution in [0.3, 0.4) is 0 Å². The average Bonchev–Trinajstić information content (AvgIpc) is 2.92. The van der Waals surface area contributed by atoms with Gasteiger partial charge in [0.05, 0.1) is 14.2 Å². The normalized spacial score (nSPS) is 10.9. The highest BCUT2D eigenvalue weighted by molar-refractivity contribution is 5.92. The number of rotatable bonds is 12. The molecule has 0 bridgehead atoms. The highest BCUT2D eigenvalue weighted by Crippen LogP contribution is 2.34. The van der Waals surface area contributed by atoms with E-state index < -0.39 is 5.97 Å². The van der Waals surface area contributed by atoms with Crippen molar-refractivity contribution in [2.45, 2.75) is 44.9 Å². The van der Waals surface area contributed by atoms with Crippen molar-refractivity contribution in [1.29, 1.82) is 0 Å². The summed E-state index contributed by atoms with van der Waals surface area (Å²) in [7, 11) is 3.40. The van der Waals surface area contributed by atoms with Crippen LogP contribution in [0.4, 0.5) is 0 Å². The molecular weight excluding hydrogens is 448 g/mol. The smallest absolute Gasteiger partial charge is 0.303 e. The van der Waals surface area contributed by atoms with E-state index in [4.69, 9.17) is 14.6 Å². The first kappa shape index (κ1) is 25.3. The molecule has 4 nitrogen and oxygen atoms in total. The summed E-state index contributed by atoms with van der Waals surface area (Å²) in [6.07, 6.45) is 6.21. The Hall–Kier alpha value is -3.79. The Morgan fingerprint density at radius 3 is 2.00 bits per heavy atom. The predicted molar refractivity (Wildman–Crippen MR) is 146 cm³/mol. The molecule has 186 valence electrons. The summed E-state index contributed by atoms with van der Waals surface area (Å²) >= 11 is 0. The second kappa shape index (κ2) is 12.3. The lowest BCUT2D eigenvalue weighted by Gasteiger charge is -2.15. The zero-order valence-electron chi connectivity index (χ0n) is 21.1. The molecule has 36 heavy (non-hydrogen) atoms. The van der Waals surface area contributed by atoms with Crippen molar-refractivity contribution in [2.75, 3.05) is 14.2 Å². The fraction of sp³-hybridized carbons (Fsp3) is 0.281. The van der Waals surface area contributed by atoms with Crippen LogP contribution in [0.15, 0.2) is 78.9 Å². The molecule has 0 aliphatic rings. The van der Waals surface area contributed by atoms with E-state index in [9.17, 15) is 4.79 Å². The number of aryl methyl sites for hydroxylation is 3. The van der Waals surface area contributed by atoms with Gasteiger partial charge in [-0.3, -0.25) is 4.79 Å². The van der Waals surface area contributed by atoms with Crippen LogP contribution in [0, 0.1) is 0 Å². The molecule has 0 aliphatic carbocycles. The van der Waals surface area contributed by atoms with E-state index in [-0.39, 0.29) is 6.42 Å². The molecule has 0 spiro atoms. The lowest BCUT2D eigenvalue weighted by atomic mass is 9.90. The van der Waals surface area contributed by atoms with Gasteiger partial charge in [0, 0.05) is 6.42 Å². The summed E-state index contributed by atoms with van der Waals surface area (Å²) < 4.78 is 10.8. The average molecular weight is 483 g/mol. The van der Waals surface area contributed by atoms with Crippen molar-refractivity contribution >= 4 is 16.7 Å². The standard InChI is InChI=1S/C32H34O4/c1-35-27-16-13-25(14-17-27)29-19-15-26-22-28(36-2)18-20-30(26)31(29)7-5-3-4-6-23-8-10-24(11-9-23)12-21-32(33)34/h8-11,13-20,22H,3-7,12,21H2,1-2H3,(H,33,34). The number of methoxy groups -OCH3 is 2. The molecule has 4 heteroatoms. The maximum atomic E-state index is 10.8. The van der Waals surface area contributed by atoms with Gasteiger partial charge in [0.15, 0.2) is 0 Å². The van der Waals surface area contributed by atoms with Crippen LogP contribution in [0.1, 0.15) is 42.4 Å². The molecule has 0 unspecified atom stereocenters. The third kappa shape index (κ3) is 6.45. The first-order valence-corrected chi connectivity index (χ1v) is 12.6. The number of fused-ring (bicyclic) bond motifs is 1. The van der Waals surface area contributed by atoms with Gasteiger partial charge in [0.2, 0.25) is 0 Å². The van der Waals surface area contributed by atoms with Gasteiger partial charge in [-0.2, -0.15) is 0 Å². The van der Waals surface area contributed by atoms with Crippen LogP contribution < -0.4 is 9.47 Å². The van der Waals surface area contributed by atoms with E-state index in [0.29, 0.717) is 6.42 Å². The maximum Gasteiger partial charge on any atom is 0.303 e. The zero-order valence-corrected chi connectivity index (χ0v) is 21.1. The van der Waals surface area contributed by atoms with E-state index in [2.05, 4.69) is 60.7 Å². The van der Waals surface area contributed by atoms with E-state index in [1.165, 1.54) is 33.0 Å². The molecule has 0 aromatic heterocycles. The summed E-state index contributed by atoms with van der Waals surface area (Å²) in [5.41, 5.74) is 6.24. The largest absolute Gasteiger partial charge is 0.497 e. The quantitative estimate of drug-likeness (QED) is 0.212. The highest BCUT2D eigenvalue weighted by atomic mass is 16.5. The van der Waals surface area contributed by atoms with Gasteiger partial charge in [-0.1, -0.05) is 61.0 Å². The van der Waals surface area contributed by atoms with E-state index >= 15 is 0 Å². The van der Waals surface area contributed by atoms with E-state index in [1.54, 1.807) is 14.2 Å². The van der Waals surface area contributed by atoms with Crippen LogP contribution >= 0.6 is 0 Å². The fourth-order valence-corrected chi connectivity index (χ4v) is 4.74. The number of benzene rings is 4. The SMILES string of the molecule is COc1ccc(-c2ccc3cc(OC)ccc3c2CCCCCc2ccc(CCC(=O)O)cc2)cc1. The molecular formula is C32H34O4. The van der Waals surface area contributed by atoms with Gasteiger partial charge in [0.1, 0.15) is 11.5 Å². The number of hydrogen-bond donors (Lipinski definition) is 1. The Morgan fingerprint density at radius 2 is 1.33 bits per heavy atom. The van der Waals surface area contributed by atoms with Crippen molar-refractivity contribution in [3.05, 3.63) is 95.6 Å². The summed E-state index contributed by atoms with van der Waals surface area (Å²) in [5.74, 6) is 0.986. The van der Waals surface area contributed by atoms with Gasteiger partial charge in [-0.15, -0.1) is 0 Å². The van der Waals surface area contributed by atoms with Crippen molar-refractivity contribution in [3.63, 3.8) is 0 Å². The van der Waals surface area contributed by atoms with Crippen LogP contribution in [0.5, 0.6) is 11.5 Å². The summed E-state index contributed by atoms with van der Waals surface area (Å²) in [5, 5.41) is 11.3. The number of carboxylic acids is 1. The van der Waals surface area contributed by atoms with Crippen molar-refractivity contribution in [3.8, 4) is 22.6 Å². The number of carboxylic acid groups (broad SMARTS) is 1. The Bertz CT molecular complexity index is 1290. The van der Waals surface area contributed by atoms with E-state index in [0.717, 1.165) is 49.2 Å². The maximum absolute atomic E-state index is 10.8. The van der Waals surface area contributed by atoms with Gasteiger partial charge < -0.3 is 14.6 Å². The molecule has 0 amide bonds. The minimum absolute atomic E-state index is 0.179. The first-order chi connectivity index (χ1) is 17.6. The molecule has 0 saturated carbocycles. The minimum Gasteiger partial charge on any atom is -0.497 e. The van der Waals surface area contributed by atoms with E-state index in [1.807, 2.05) is 18.2 Å². The second-order valence-corrected chi connectivity index (χ2v) is 9.18. The minimum atomic E-state index is -0.750.